The molecule has 3 heteroatoms. The van der Waals surface area contributed by atoms with E-state index in [4.69, 9.17) is 0 Å². The molecule has 0 bridgehead atoms. The van der Waals surface area contributed by atoms with E-state index in [-0.39, 0.29) is 11.7 Å². The number of amides is 1. The first kappa shape index (κ1) is 12.2. The Morgan fingerprint density at radius 1 is 0.947 bits per heavy atom. The molecule has 0 saturated carbocycles. The highest BCUT2D eigenvalue weighted by atomic mass is 16.2. The van der Waals surface area contributed by atoms with Crippen LogP contribution in [0.3, 0.4) is 0 Å². The highest BCUT2D eigenvalue weighted by Gasteiger charge is 2.31. The molecule has 0 unspecified atom stereocenters. The topological polar surface area (TPSA) is 37.4 Å². The Morgan fingerprint density at radius 3 is 2.53 bits per heavy atom. The maximum absolute atomic E-state index is 12.1. The van der Waals surface area contributed by atoms with E-state index in [0.29, 0.717) is 25.8 Å². The Morgan fingerprint density at radius 2 is 1.74 bits per heavy atom. The van der Waals surface area contributed by atoms with Crippen LogP contribution in [0.4, 0.5) is 0 Å². The molecule has 0 atom stereocenters. The predicted molar refractivity (Wildman–Crippen MR) is 72.1 cm³/mol. The van der Waals surface area contributed by atoms with E-state index >= 15 is 0 Å². The van der Waals surface area contributed by atoms with Crippen molar-refractivity contribution in [2.24, 2.45) is 0 Å². The Kier molecular flexibility index (Phi) is 3.20. The van der Waals surface area contributed by atoms with Crippen molar-refractivity contribution in [3.63, 3.8) is 0 Å². The quantitative estimate of drug-likeness (QED) is 0.815. The summed E-state index contributed by atoms with van der Waals surface area (Å²) in [6, 6.07) is 9.96. The third-order valence-electron chi connectivity index (χ3n) is 3.90. The third kappa shape index (κ3) is 2.33. The molecule has 0 spiro atoms. The van der Waals surface area contributed by atoms with Gasteiger partial charge in [0.2, 0.25) is 5.91 Å². The summed E-state index contributed by atoms with van der Waals surface area (Å²) in [6.07, 6.45) is 3.48. The molecule has 0 radical (unpaired) electrons. The number of hydrogen-bond donors (Lipinski definition) is 0. The average molecular weight is 255 g/mol. The number of carbonyl (C=O) groups excluding carboxylic acids is 2. The Labute approximate surface area is 112 Å². The summed E-state index contributed by atoms with van der Waals surface area (Å²) in [4.78, 5) is 25.9. The van der Waals surface area contributed by atoms with Crippen LogP contribution in [0, 0.1) is 0 Å². The van der Waals surface area contributed by atoms with Crippen molar-refractivity contribution in [1.82, 2.24) is 4.90 Å². The van der Waals surface area contributed by atoms with Crippen LogP contribution in [0.2, 0.25) is 0 Å². The van der Waals surface area contributed by atoms with E-state index in [1.807, 2.05) is 35.2 Å². The van der Waals surface area contributed by atoms with Crippen molar-refractivity contribution in [1.29, 1.82) is 0 Å². The second-order valence-corrected chi connectivity index (χ2v) is 5.17. The largest absolute Gasteiger partial charge is 0.311 e. The lowest BCUT2D eigenvalue weighted by Crippen LogP contribution is -2.36. The van der Waals surface area contributed by atoms with Gasteiger partial charge in [-0.25, -0.2) is 0 Å². The van der Waals surface area contributed by atoms with Gasteiger partial charge < -0.3 is 4.90 Å². The number of hydrogen-bond acceptors (Lipinski definition) is 2. The minimum Gasteiger partial charge on any atom is -0.311 e. The van der Waals surface area contributed by atoms with Crippen LogP contribution in [0.15, 0.2) is 41.6 Å². The van der Waals surface area contributed by atoms with Crippen molar-refractivity contribution in [2.45, 2.75) is 38.6 Å². The second kappa shape index (κ2) is 5.00. The van der Waals surface area contributed by atoms with Crippen LogP contribution in [-0.2, 0) is 16.1 Å². The summed E-state index contributed by atoms with van der Waals surface area (Å²) in [5, 5.41) is 0. The van der Waals surface area contributed by atoms with Crippen LogP contribution >= 0.6 is 0 Å². The van der Waals surface area contributed by atoms with Crippen LogP contribution in [0.25, 0.3) is 0 Å². The fraction of sp³-hybridized carbons (Fsp3) is 0.375. The molecule has 1 amide bonds. The molecular weight excluding hydrogens is 238 g/mol. The summed E-state index contributed by atoms with van der Waals surface area (Å²) in [7, 11) is 0. The van der Waals surface area contributed by atoms with Gasteiger partial charge in [-0.05, 0) is 24.8 Å². The number of benzene rings is 1. The number of rotatable bonds is 2. The summed E-state index contributed by atoms with van der Waals surface area (Å²) < 4.78 is 0. The summed E-state index contributed by atoms with van der Waals surface area (Å²) in [6.45, 7) is 0.589. The van der Waals surface area contributed by atoms with Crippen LogP contribution in [-0.4, -0.2) is 16.6 Å². The van der Waals surface area contributed by atoms with Gasteiger partial charge in [0.25, 0.3) is 0 Å². The first-order chi connectivity index (χ1) is 9.25. The van der Waals surface area contributed by atoms with E-state index in [9.17, 15) is 9.59 Å². The van der Waals surface area contributed by atoms with Crippen molar-refractivity contribution >= 4 is 11.7 Å². The number of Topliss-reactive ketones (excluding diaryl/α,β-unsaturated/α-hetero) is 1. The zero-order chi connectivity index (χ0) is 13.2. The summed E-state index contributed by atoms with van der Waals surface area (Å²) >= 11 is 0. The third-order valence-corrected chi connectivity index (χ3v) is 3.90. The zero-order valence-corrected chi connectivity index (χ0v) is 10.9. The molecule has 3 nitrogen and oxygen atoms in total. The van der Waals surface area contributed by atoms with Crippen molar-refractivity contribution in [3.05, 3.63) is 47.2 Å². The molecule has 0 aromatic heterocycles. The van der Waals surface area contributed by atoms with Gasteiger partial charge in [-0.3, -0.25) is 9.59 Å². The standard InChI is InChI=1S/C16H17NO2/c18-15-8-4-7-14-13(15)9-10-16(19)17(14)11-12-5-2-1-3-6-12/h1-3,5-6H,4,7-11H2. The smallest absolute Gasteiger partial charge is 0.227 e. The maximum atomic E-state index is 12.1. The van der Waals surface area contributed by atoms with Crippen LogP contribution in [0.1, 0.15) is 37.7 Å². The molecule has 19 heavy (non-hydrogen) atoms. The van der Waals surface area contributed by atoms with Crippen molar-refractivity contribution in [2.75, 3.05) is 0 Å². The fourth-order valence-electron chi connectivity index (χ4n) is 2.93. The molecule has 3 rings (SSSR count). The van der Waals surface area contributed by atoms with E-state index < -0.39 is 0 Å². The predicted octanol–water partition coefficient (Wildman–Crippen LogP) is 2.82. The lowest BCUT2D eigenvalue weighted by atomic mass is 9.88. The van der Waals surface area contributed by atoms with Crippen LogP contribution in [0.5, 0.6) is 0 Å². The minimum atomic E-state index is 0.150. The molecule has 0 saturated heterocycles. The molecule has 1 heterocycles. The van der Waals surface area contributed by atoms with Crippen LogP contribution < -0.4 is 0 Å². The Hall–Kier alpha value is -1.90. The van der Waals surface area contributed by atoms with Gasteiger partial charge in [0.1, 0.15) is 0 Å². The van der Waals surface area contributed by atoms with Gasteiger partial charge in [0.05, 0.1) is 6.54 Å². The molecule has 1 aliphatic carbocycles. The molecule has 2 aliphatic rings. The molecule has 1 aromatic rings. The van der Waals surface area contributed by atoms with Gasteiger partial charge >= 0.3 is 0 Å². The van der Waals surface area contributed by atoms with Gasteiger partial charge in [-0.15, -0.1) is 0 Å². The molecule has 98 valence electrons. The van der Waals surface area contributed by atoms with Gasteiger partial charge in [0, 0.05) is 24.1 Å². The van der Waals surface area contributed by atoms with E-state index in [1.165, 1.54) is 0 Å². The summed E-state index contributed by atoms with van der Waals surface area (Å²) in [5.74, 6) is 0.393. The maximum Gasteiger partial charge on any atom is 0.227 e. The van der Waals surface area contributed by atoms with Crippen molar-refractivity contribution in [3.8, 4) is 0 Å². The SMILES string of the molecule is O=C1CCCC2=C1CCC(=O)N2Cc1ccccc1. The highest BCUT2D eigenvalue weighted by Crippen LogP contribution is 2.33. The summed E-state index contributed by atoms with van der Waals surface area (Å²) in [5.41, 5.74) is 3.00. The minimum absolute atomic E-state index is 0.150. The van der Waals surface area contributed by atoms with E-state index in [1.54, 1.807) is 0 Å². The van der Waals surface area contributed by atoms with Gasteiger partial charge in [-0.1, -0.05) is 30.3 Å². The normalized spacial score (nSPS) is 19.7. The first-order valence-corrected chi connectivity index (χ1v) is 6.85. The molecule has 0 fully saturated rings. The molecular formula is C16H17NO2. The number of carbonyl (C=O) groups is 2. The van der Waals surface area contributed by atoms with E-state index in [0.717, 1.165) is 29.7 Å². The zero-order valence-electron chi connectivity index (χ0n) is 10.9. The monoisotopic (exact) mass is 255 g/mol. The lowest BCUT2D eigenvalue weighted by Gasteiger charge is -2.34. The first-order valence-electron chi connectivity index (χ1n) is 6.85. The fourth-order valence-corrected chi connectivity index (χ4v) is 2.93. The van der Waals surface area contributed by atoms with Gasteiger partial charge in [0.15, 0.2) is 5.78 Å². The Bertz CT molecular complexity index is 545. The highest BCUT2D eigenvalue weighted by molar-refractivity contribution is 5.99. The lowest BCUT2D eigenvalue weighted by molar-refractivity contribution is -0.131. The molecule has 1 aliphatic heterocycles. The second-order valence-electron chi connectivity index (χ2n) is 5.17. The van der Waals surface area contributed by atoms with Gasteiger partial charge in [-0.2, -0.15) is 0 Å². The Balaban J connectivity index is 1.91. The van der Waals surface area contributed by atoms with E-state index in [2.05, 4.69) is 0 Å². The van der Waals surface area contributed by atoms with Crippen molar-refractivity contribution < 1.29 is 9.59 Å². The average Bonchev–Trinajstić information content (AvgIpc) is 2.43. The molecule has 1 aromatic carbocycles. The number of nitrogens with zero attached hydrogens (tertiary/aromatic N) is 1. The number of allylic oxidation sites excluding steroid dienone is 2. The molecule has 0 N–H and O–H groups in total. The number of ketones is 1.